The van der Waals surface area contributed by atoms with Crippen LogP contribution < -0.4 is 5.73 Å². The Hall–Kier alpha value is -0.120. The van der Waals surface area contributed by atoms with Crippen LogP contribution in [0.5, 0.6) is 0 Å². The third kappa shape index (κ3) is 6.58. The number of ether oxygens (including phenoxy) is 2. The van der Waals surface area contributed by atoms with Crippen molar-refractivity contribution >= 4 is 0 Å². The summed E-state index contributed by atoms with van der Waals surface area (Å²) in [6.07, 6.45) is 0.918. The highest BCUT2D eigenvalue weighted by Crippen LogP contribution is 2.13. The molecule has 0 aromatic rings. The molecule has 0 radical (unpaired) electrons. The minimum Gasteiger partial charge on any atom is -0.382 e. The first-order chi connectivity index (χ1) is 5.62. The number of nitrogens with two attached hydrogens (primary N) is 1. The molecule has 0 saturated carbocycles. The van der Waals surface area contributed by atoms with Crippen molar-refractivity contribution in [3.8, 4) is 0 Å². The predicted octanol–water partition coefficient (Wildman–Crippen LogP) is 1.17. The third-order valence-corrected chi connectivity index (χ3v) is 1.66. The molecule has 74 valence electrons. The largest absolute Gasteiger partial charge is 0.382 e. The van der Waals surface area contributed by atoms with Crippen molar-refractivity contribution in [2.24, 2.45) is 5.73 Å². The van der Waals surface area contributed by atoms with Crippen molar-refractivity contribution in [1.29, 1.82) is 0 Å². The molecule has 0 heterocycles. The normalized spacial score (nSPS) is 12.0. The summed E-state index contributed by atoms with van der Waals surface area (Å²) in [5.41, 5.74) is 5.23. The average molecular weight is 175 g/mol. The Morgan fingerprint density at radius 2 is 1.92 bits per heavy atom. The van der Waals surface area contributed by atoms with E-state index in [0.717, 1.165) is 19.6 Å². The molecule has 0 rings (SSSR count). The smallest absolute Gasteiger partial charge is 0.0649 e. The van der Waals surface area contributed by atoms with Crippen molar-refractivity contribution in [3.63, 3.8) is 0 Å². The lowest BCUT2D eigenvalue weighted by Gasteiger charge is -2.24. The van der Waals surface area contributed by atoms with Gasteiger partial charge in [0.2, 0.25) is 0 Å². The Bertz CT molecular complexity index is 105. The molecule has 2 N–H and O–H groups in total. The van der Waals surface area contributed by atoms with E-state index in [4.69, 9.17) is 15.2 Å². The van der Waals surface area contributed by atoms with Crippen LogP contribution in [0.25, 0.3) is 0 Å². The fourth-order valence-electron chi connectivity index (χ4n) is 0.870. The van der Waals surface area contributed by atoms with Gasteiger partial charge in [0, 0.05) is 19.8 Å². The molecule has 0 aliphatic carbocycles. The zero-order valence-electron chi connectivity index (χ0n) is 8.43. The van der Waals surface area contributed by atoms with Crippen LogP contribution in [0.1, 0.15) is 27.2 Å². The highest BCUT2D eigenvalue weighted by molar-refractivity contribution is 4.67. The Morgan fingerprint density at radius 1 is 1.25 bits per heavy atom. The quantitative estimate of drug-likeness (QED) is 0.591. The molecule has 0 atom stereocenters. The molecule has 3 nitrogen and oxygen atoms in total. The predicted molar refractivity (Wildman–Crippen MR) is 50.2 cm³/mol. The first-order valence-electron chi connectivity index (χ1n) is 4.54. The first kappa shape index (κ1) is 11.9. The maximum atomic E-state index is 5.52. The molecule has 0 aromatic heterocycles. The summed E-state index contributed by atoms with van der Waals surface area (Å²) in [5, 5.41) is 0. The second kappa shape index (κ2) is 6.40. The molecular weight excluding hydrogens is 154 g/mol. The average Bonchev–Trinajstić information content (AvgIpc) is 2.01. The van der Waals surface area contributed by atoms with Gasteiger partial charge in [-0.25, -0.2) is 0 Å². The van der Waals surface area contributed by atoms with Crippen LogP contribution in [0.4, 0.5) is 0 Å². The highest BCUT2D eigenvalue weighted by Gasteiger charge is 2.16. The molecule has 0 fully saturated rings. The summed E-state index contributed by atoms with van der Waals surface area (Å²) in [5.74, 6) is 0. The van der Waals surface area contributed by atoms with Crippen molar-refractivity contribution in [2.45, 2.75) is 32.8 Å². The van der Waals surface area contributed by atoms with Gasteiger partial charge in [-0.05, 0) is 27.2 Å². The molecule has 0 spiro atoms. The minimum atomic E-state index is -0.103. The molecule has 0 aromatic carbocycles. The van der Waals surface area contributed by atoms with Crippen LogP contribution in [0.3, 0.4) is 0 Å². The molecule has 0 aliphatic rings. The van der Waals surface area contributed by atoms with Crippen molar-refractivity contribution in [2.75, 3.05) is 26.4 Å². The highest BCUT2D eigenvalue weighted by atomic mass is 16.5. The maximum absolute atomic E-state index is 5.52. The molecular formula is C9H21NO2. The van der Waals surface area contributed by atoms with Gasteiger partial charge in [-0.15, -0.1) is 0 Å². The lowest BCUT2D eigenvalue weighted by molar-refractivity contribution is -0.0361. The molecule has 12 heavy (non-hydrogen) atoms. The summed E-state index contributed by atoms with van der Waals surface area (Å²) in [7, 11) is 0. The Morgan fingerprint density at radius 3 is 2.42 bits per heavy atom. The molecule has 0 amide bonds. The third-order valence-electron chi connectivity index (χ3n) is 1.66. The van der Waals surface area contributed by atoms with Crippen molar-refractivity contribution in [3.05, 3.63) is 0 Å². The molecule has 0 saturated heterocycles. The van der Waals surface area contributed by atoms with E-state index in [1.807, 2.05) is 6.92 Å². The molecule has 0 aliphatic heterocycles. The van der Waals surface area contributed by atoms with E-state index >= 15 is 0 Å². The van der Waals surface area contributed by atoms with Crippen LogP contribution in [0.2, 0.25) is 0 Å². The van der Waals surface area contributed by atoms with Gasteiger partial charge in [0.05, 0.1) is 12.2 Å². The van der Waals surface area contributed by atoms with E-state index in [1.54, 1.807) is 0 Å². The van der Waals surface area contributed by atoms with Gasteiger partial charge in [-0.1, -0.05) is 0 Å². The summed E-state index contributed by atoms with van der Waals surface area (Å²) in [6, 6.07) is 0. The Kier molecular flexibility index (Phi) is 6.34. The molecule has 0 bridgehead atoms. The van der Waals surface area contributed by atoms with Crippen molar-refractivity contribution < 1.29 is 9.47 Å². The van der Waals surface area contributed by atoms with E-state index < -0.39 is 0 Å². The van der Waals surface area contributed by atoms with E-state index in [-0.39, 0.29) is 5.60 Å². The maximum Gasteiger partial charge on any atom is 0.0649 e. The monoisotopic (exact) mass is 175 g/mol. The van der Waals surface area contributed by atoms with E-state index in [1.165, 1.54) is 0 Å². The van der Waals surface area contributed by atoms with Crippen LogP contribution in [0, 0.1) is 0 Å². The van der Waals surface area contributed by atoms with Crippen LogP contribution >= 0.6 is 0 Å². The fraction of sp³-hybridized carbons (Fsp3) is 1.00. The van der Waals surface area contributed by atoms with E-state index in [2.05, 4.69) is 13.8 Å². The first-order valence-corrected chi connectivity index (χ1v) is 4.54. The fourth-order valence-corrected chi connectivity index (χ4v) is 0.870. The number of rotatable bonds is 7. The topological polar surface area (TPSA) is 44.5 Å². The van der Waals surface area contributed by atoms with E-state index in [9.17, 15) is 0 Å². The Labute approximate surface area is 75.2 Å². The lowest BCUT2D eigenvalue weighted by atomic mass is 10.1. The van der Waals surface area contributed by atoms with E-state index in [0.29, 0.717) is 13.2 Å². The second-order valence-electron chi connectivity index (χ2n) is 3.34. The second-order valence-corrected chi connectivity index (χ2v) is 3.34. The van der Waals surface area contributed by atoms with Gasteiger partial charge >= 0.3 is 0 Å². The standard InChI is InChI=1S/C9H21NO2/c1-4-11-7-5-9(2,3)12-8-6-10/h4-8,10H2,1-3H3. The molecule has 3 heteroatoms. The van der Waals surface area contributed by atoms with Gasteiger partial charge < -0.3 is 15.2 Å². The SMILES string of the molecule is CCOCCC(C)(C)OCCN. The van der Waals surface area contributed by atoms with Gasteiger partial charge in [0.1, 0.15) is 0 Å². The van der Waals surface area contributed by atoms with Gasteiger partial charge in [0.15, 0.2) is 0 Å². The van der Waals surface area contributed by atoms with Crippen LogP contribution in [0.15, 0.2) is 0 Å². The van der Waals surface area contributed by atoms with Gasteiger partial charge in [-0.2, -0.15) is 0 Å². The molecule has 0 unspecified atom stereocenters. The lowest BCUT2D eigenvalue weighted by Crippen LogP contribution is -2.29. The summed E-state index contributed by atoms with van der Waals surface area (Å²) < 4.78 is 10.8. The number of hydrogen-bond acceptors (Lipinski definition) is 3. The zero-order chi connectivity index (χ0) is 9.45. The van der Waals surface area contributed by atoms with Gasteiger partial charge in [0.25, 0.3) is 0 Å². The summed E-state index contributed by atoms with van der Waals surface area (Å²) in [6.45, 7) is 8.84. The Balaban J connectivity index is 3.42. The zero-order valence-corrected chi connectivity index (χ0v) is 8.43. The van der Waals surface area contributed by atoms with Crippen molar-refractivity contribution in [1.82, 2.24) is 0 Å². The van der Waals surface area contributed by atoms with Crippen LogP contribution in [-0.2, 0) is 9.47 Å². The van der Waals surface area contributed by atoms with Gasteiger partial charge in [-0.3, -0.25) is 0 Å². The number of hydrogen-bond donors (Lipinski definition) is 1. The van der Waals surface area contributed by atoms with Crippen LogP contribution in [-0.4, -0.2) is 32.0 Å². The minimum absolute atomic E-state index is 0.103. The summed E-state index contributed by atoms with van der Waals surface area (Å²) >= 11 is 0. The summed E-state index contributed by atoms with van der Waals surface area (Å²) in [4.78, 5) is 0.